The summed E-state index contributed by atoms with van der Waals surface area (Å²) < 4.78 is 10.6. The number of esters is 1. The predicted molar refractivity (Wildman–Crippen MR) is 86.9 cm³/mol. The van der Waals surface area contributed by atoms with Crippen molar-refractivity contribution in [3.8, 4) is 11.3 Å². The number of nitrogens with two attached hydrogens (primary N) is 2. The van der Waals surface area contributed by atoms with Crippen LogP contribution in [0.15, 0.2) is 40.8 Å². The molecule has 0 radical (unpaired) electrons. The van der Waals surface area contributed by atoms with Crippen molar-refractivity contribution in [2.45, 2.75) is 6.61 Å². The fourth-order valence-electron chi connectivity index (χ4n) is 1.98. The Kier molecular flexibility index (Phi) is 4.30. The minimum atomic E-state index is -0.675. The predicted octanol–water partition coefficient (Wildman–Crippen LogP) is 2.31. The first-order valence-corrected chi connectivity index (χ1v) is 7.18. The molecule has 0 bridgehead atoms. The number of rotatable bonds is 4. The van der Waals surface area contributed by atoms with E-state index in [4.69, 9.17) is 32.2 Å². The lowest BCUT2D eigenvalue weighted by atomic mass is 10.2. The molecule has 1 aromatic carbocycles. The zero-order valence-corrected chi connectivity index (χ0v) is 13.0. The summed E-state index contributed by atoms with van der Waals surface area (Å²) in [6.45, 7) is -0.210. The SMILES string of the molecule is Nc1nc(N)nc(COC(=O)c2ccc(-c3ccccc3Cl)o2)n1. The Balaban J connectivity index is 1.71. The van der Waals surface area contributed by atoms with Crippen LogP contribution in [0.3, 0.4) is 0 Å². The number of nitrogen functional groups attached to an aromatic ring is 2. The first-order valence-electron chi connectivity index (χ1n) is 6.80. The van der Waals surface area contributed by atoms with Crippen molar-refractivity contribution in [1.29, 1.82) is 0 Å². The van der Waals surface area contributed by atoms with Crippen molar-refractivity contribution in [2.75, 3.05) is 11.5 Å². The molecule has 24 heavy (non-hydrogen) atoms. The topological polar surface area (TPSA) is 130 Å². The van der Waals surface area contributed by atoms with E-state index in [1.807, 2.05) is 6.07 Å². The van der Waals surface area contributed by atoms with Crippen molar-refractivity contribution < 1.29 is 13.9 Å². The Hall–Kier alpha value is -3.13. The molecule has 0 fully saturated rings. The highest BCUT2D eigenvalue weighted by atomic mass is 35.5. The molecule has 0 saturated carbocycles. The summed E-state index contributed by atoms with van der Waals surface area (Å²) in [5, 5.41) is 0.517. The summed E-state index contributed by atoms with van der Waals surface area (Å²) in [5.74, 6) is -0.140. The van der Waals surface area contributed by atoms with E-state index in [-0.39, 0.29) is 30.1 Å². The average molecular weight is 346 g/mol. The van der Waals surface area contributed by atoms with Crippen molar-refractivity contribution in [1.82, 2.24) is 15.0 Å². The van der Waals surface area contributed by atoms with Gasteiger partial charge in [0, 0.05) is 5.56 Å². The van der Waals surface area contributed by atoms with Gasteiger partial charge >= 0.3 is 5.97 Å². The van der Waals surface area contributed by atoms with Gasteiger partial charge in [-0.25, -0.2) is 4.79 Å². The first kappa shape index (κ1) is 15.8. The monoisotopic (exact) mass is 345 g/mol. The summed E-state index contributed by atoms with van der Waals surface area (Å²) in [6.07, 6.45) is 0. The third-order valence-corrected chi connectivity index (χ3v) is 3.32. The molecule has 2 heterocycles. The van der Waals surface area contributed by atoms with Gasteiger partial charge in [0.25, 0.3) is 0 Å². The van der Waals surface area contributed by atoms with Crippen LogP contribution in [0.5, 0.6) is 0 Å². The lowest BCUT2D eigenvalue weighted by molar-refractivity contribution is 0.0426. The number of ether oxygens (including phenoxy) is 1. The van der Waals surface area contributed by atoms with Gasteiger partial charge in [-0.1, -0.05) is 23.7 Å². The zero-order valence-electron chi connectivity index (χ0n) is 12.3. The Bertz CT molecular complexity index is 876. The largest absolute Gasteiger partial charge is 0.452 e. The minimum absolute atomic E-state index is 0.0277. The van der Waals surface area contributed by atoms with Gasteiger partial charge in [0.15, 0.2) is 12.4 Å². The van der Waals surface area contributed by atoms with Crippen molar-refractivity contribution in [3.63, 3.8) is 0 Å². The van der Waals surface area contributed by atoms with Crippen LogP contribution in [0.2, 0.25) is 5.02 Å². The Morgan fingerprint density at radius 3 is 2.50 bits per heavy atom. The number of carbonyl (C=O) groups is 1. The molecule has 3 aromatic rings. The van der Waals surface area contributed by atoms with Crippen molar-refractivity contribution in [3.05, 3.63) is 53.0 Å². The summed E-state index contributed by atoms with van der Waals surface area (Å²) in [6, 6.07) is 10.3. The second-order valence-electron chi connectivity index (χ2n) is 4.69. The molecule has 0 saturated heterocycles. The van der Waals surface area contributed by atoms with E-state index < -0.39 is 5.97 Å². The van der Waals surface area contributed by atoms with Gasteiger partial charge in [0.05, 0.1) is 5.02 Å². The highest BCUT2D eigenvalue weighted by Gasteiger charge is 2.16. The molecule has 0 amide bonds. The van der Waals surface area contributed by atoms with Crippen LogP contribution in [0.1, 0.15) is 16.4 Å². The number of nitrogens with zero attached hydrogens (tertiary/aromatic N) is 3. The van der Waals surface area contributed by atoms with E-state index in [1.165, 1.54) is 6.07 Å². The second-order valence-corrected chi connectivity index (χ2v) is 5.10. The number of carbonyl (C=O) groups excluding carboxylic acids is 1. The summed E-state index contributed by atoms with van der Waals surface area (Å²) in [5.41, 5.74) is 11.6. The van der Waals surface area contributed by atoms with Gasteiger partial charge in [-0.15, -0.1) is 0 Å². The molecular weight excluding hydrogens is 334 g/mol. The number of anilines is 2. The minimum Gasteiger partial charge on any atom is -0.452 e. The molecule has 0 aliphatic carbocycles. The zero-order chi connectivity index (χ0) is 17.1. The number of hydrogen-bond acceptors (Lipinski definition) is 8. The molecule has 2 aromatic heterocycles. The Morgan fingerprint density at radius 2 is 1.79 bits per heavy atom. The lowest BCUT2D eigenvalue weighted by Gasteiger charge is -2.03. The molecular formula is C15H12ClN5O3. The number of halogens is 1. The van der Waals surface area contributed by atoms with Crippen LogP contribution in [0.4, 0.5) is 11.9 Å². The summed E-state index contributed by atoms with van der Waals surface area (Å²) >= 11 is 6.10. The van der Waals surface area contributed by atoms with E-state index in [9.17, 15) is 4.79 Å². The fraction of sp³-hybridized carbons (Fsp3) is 0.0667. The smallest absolute Gasteiger partial charge is 0.374 e. The van der Waals surface area contributed by atoms with E-state index in [1.54, 1.807) is 24.3 Å². The number of benzene rings is 1. The Labute approximate surface area is 141 Å². The van der Waals surface area contributed by atoms with Gasteiger partial charge in [-0.3, -0.25) is 0 Å². The van der Waals surface area contributed by atoms with E-state index in [0.717, 1.165) is 0 Å². The normalized spacial score (nSPS) is 10.5. The fourth-order valence-corrected chi connectivity index (χ4v) is 2.20. The van der Waals surface area contributed by atoms with Crippen LogP contribution in [0, 0.1) is 0 Å². The highest BCUT2D eigenvalue weighted by molar-refractivity contribution is 6.33. The van der Waals surface area contributed by atoms with E-state index in [0.29, 0.717) is 16.3 Å². The molecule has 0 aliphatic heterocycles. The van der Waals surface area contributed by atoms with Crippen LogP contribution in [-0.4, -0.2) is 20.9 Å². The molecule has 3 rings (SSSR count). The number of furan rings is 1. The van der Waals surface area contributed by atoms with Gasteiger partial charge in [-0.2, -0.15) is 15.0 Å². The Morgan fingerprint density at radius 1 is 1.08 bits per heavy atom. The lowest BCUT2D eigenvalue weighted by Crippen LogP contribution is -2.10. The quantitative estimate of drug-likeness (QED) is 0.689. The van der Waals surface area contributed by atoms with Crippen LogP contribution < -0.4 is 11.5 Å². The van der Waals surface area contributed by atoms with Gasteiger partial charge < -0.3 is 20.6 Å². The van der Waals surface area contributed by atoms with Crippen LogP contribution in [0.25, 0.3) is 11.3 Å². The average Bonchev–Trinajstić information content (AvgIpc) is 3.02. The molecule has 4 N–H and O–H groups in total. The maximum absolute atomic E-state index is 12.0. The summed E-state index contributed by atoms with van der Waals surface area (Å²) in [7, 11) is 0. The molecule has 0 unspecified atom stereocenters. The van der Waals surface area contributed by atoms with Gasteiger partial charge in [0.1, 0.15) is 5.76 Å². The standard InChI is InChI=1S/C15H12ClN5O3/c16-9-4-2-1-3-8(9)10-5-6-11(24-10)13(22)23-7-12-19-14(17)21-15(18)20-12/h1-6H,7H2,(H4,17,18,19,20,21). The third-order valence-electron chi connectivity index (χ3n) is 3.00. The maximum Gasteiger partial charge on any atom is 0.374 e. The molecule has 0 spiro atoms. The molecule has 122 valence electrons. The second kappa shape index (κ2) is 6.55. The van der Waals surface area contributed by atoms with Gasteiger partial charge in [-0.05, 0) is 24.3 Å². The van der Waals surface area contributed by atoms with Crippen LogP contribution in [-0.2, 0) is 11.3 Å². The van der Waals surface area contributed by atoms with Crippen molar-refractivity contribution in [2.24, 2.45) is 0 Å². The van der Waals surface area contributed by atoms with E-state index in [2.05, 4.69) is 15.0 Å². The van der Waals surface area contributed by atoms with Crippen LogP contribution >= 0.6 is 11.6 Å². The first-order chi connectivity index (χ1) is 11.5. The number of hydrogen-bond donors (Lipinski definition) is 2. The van der Waals surface area contributed by atoms with Crippen molar-refractivity contribution >= 4 is 29.5 Å². The third kappa shape index (κ3) is 3.44. The van der Waals surface area contributed by atoms with Gasteiger partial charge in [0.2, 0.25) is 17.7 Å². The molecule has 0 aliphatic rings. The van der Waals surface area contributed by atoms with E-state index >= 15 is 0 Å². The summed E-state index contributed by atoms with van der Waals surface area (Å²) in [4.78, 5) is 23.3. The molecule has 0 atom stereocenters. The number of aromatic nitrogens is 3. The maximum atomic E-state index is 12.0. The molecule has 8 nitrogen and oxygen atoms in total. The molecule has 9 heteroatoms. The highest BCUT2D eigenvalue weighted by Crippen LogP contribution is 2.29.